The van der Waals surface area contributed by atoms with Gasteiger partial charge in [0.15, 0.2) is 0 Å². The third kappa shape index (κ3) is 4.64. The molecule has 0 saturated heterocycles. The summed E-state index contributed by atoms with van der Waals surface area (Å²) < 4.78 is 0. The largest absolute Gasteiger partial charge is 0.356 e. The average molecular weight is 277 g/mol. The molecule has 2 aromatic carbocycles. The first-order chi connectivity index (χ1) is 10.0. The van der Waals surface area contributed by atoms with Crippen molar-refractivity contribution in [2.45, 2.75) is 26.7 Å². The molecule has 108 valence electrons. The van der Waals surface area contributed by atoms with E-state index in [1.54, 1.807) is 0 Å². The normalized spacial score (nSPS) is 11.0. The van der Waals surface area contributed by atoms with Crippen molar-refractivity contribution in [1.29, 1.82) is 0 Å². The lowest BCUT2D eigenvalue weighted by Crippen LogP contribution is -1.94. The Hall–Kier alpha value is -2.28. The molecule has 1 nitrogen and oxygen atoms in total. The third-order valence-electron chi connectivity index (χ3n) is 3.44. The van der Waals surface area contributed by atoms with Crippen LogP contribution in [0.4, 0.5) is 5.69 Å². The van der Waals surface area contributed by atoms with E-state index in [4.69, 9.17) is 0 Å². The predicted octanol–water partition coefficient (Wildman–Crippen LogP) is 5.76. The summed E-state index contributed by atoms with van der Waals surface area (Å²) in [6.45, 7) is 10.5. The number of allylic oxidation sites excluding steroid dienone is 1. The van der Waals surface area contributed by atoms with E-state index < -0.39 is 0 Å². The van der Waals surface area contributed by atoms with Crippen LogP contribution in [0, 0.1) is 6.92 Å². The van der Waals surface area contributed by atoms with Crippen LogP contribution >= 0.6 is 0 Å². The topological polar surface area (TPSA) is 12.0 Å². The fraction of sp³-hybridized carbons (Fsp3) is 0.200. The summed E-state index contributed by atoms with van der Waals surface area (Å²) in [6.07, 6.45) is 4.08. The zero-order valence-corrected chi connectivity index (χ0v) is 13.1. The van der Waals surface area contributed by atoms with Gasteiger partial charge >= 0.3 is 0 Å². The van der Waals surface area contributed by atoms with Crippen molar-refractivity contribution in [2.75, 3.05) is 5.32 Å². The molecule has 0 unspecified atom stereocenters. The Morgan fingerprint density at radius 3 is 2.19 bits per heavy atom. The molecule has 0 amide bonds. The van der Waals surface area contributed by atoms with Crippen molar-refractivity contribution in [1.82, 2.24) is 0 Å². The van der Waals surface area contributed by atoms with Crippen molar-refractivity contribution >= 4 is 11.8 Å². The number of nitrogens with one attached hydrogen (secondary N) is 1. The summed E-state index contributed by atoms with van der Waals surface area (Å²) in [6, 6.07) is 16.9. The Balaban J connectivity index is 1.96. The Morgan fingerprint density at radius 2 is 1.62 bits per heavy atom. The van der Waals surface area contributed by atoms with E-state index in [1.807, 2.05) is 6.08 Å². The Bertz CT molecular complexity index is 616. The summed E-state index contributed by atoms with van der Waals surface area (Å²) in [7, 11) is 0. The molecule has 21 heavy (non-hydrogen) atoms. The van der Waals surface area contributed by atoms with Gasteiger partial charge in [-0.15, -0.1) is 0 Å². The number of aryl methyl sites for hydroxylation is 1. The molecule has 1 heteroatoms. The molecule has 0 aromatic heterocycles. The minimum absolute atomic E-state index is 0.571. The first-order valence-electron chi connectivity index (χ1n) is 7.35. The van der Waals surface area contributed by atoms with Gasteiger partial charge in [-0.05, 0) is 42.2 Å². The number of hydrogen-bond donors (Lipinski definition) is 1. The van der Waals surface area contributed by atoms with Crippen LogP contribution in [0.2, 0.25) is 0 Å². The lowest BCUT2D eigenvalue weighted by atomic mass is 10.0. The molecule has 0 atom stereocenters. The van der Waals surface area contributed by atoms with Crippen LogP contribution in [-0.2, 0) is 0 Å². The highest BCUT2D eigenvalue weighted by atomic mass is 14.9. The molecular weight excluding hydrogens is 254 g/mol. The van der Waals surface area contributed by atoms with Gasteiger partial charge in [0.25, 0.3) is 0 Å². The van der Waals surface area contributed by atoms with Gasteiger partial charge in [-0.1, -0.05) is 68.5 Å². The number of anilines is 1. The standard InChI is InChI=1S/C20H23N/c1-15(2)19-11-9-18(10-12-19)8-7-17(4)21-20-13-5-16(3)6-14-20/h5-15,21H,4H2,1-3H3/b8-7+. The Kier molecular flexibility index (Phi) is 4.99. The maximum Gasteiger partial charge on any atom is 0.0384 e. The second-order valence-corrected chi connectivity index (χ2v) is 5.67. The van der Waals surface area contributed by atoms with Crippen molar-refractivity contribution in [3.63, 3.8) is 0 Å². The number of rotatable bonds is 5. The summed E-state index contributed by atoms with van der Waals surface area (Å²) in [5.74, 6) is 0.571. The van der Waals surface area contributed by atoms with Gasteiger partial charge in [-0.25, -0.2) is 0 Å². The van der Waals surface area contributed by atoms with Gasteiger partial charge in [-0.2, -0.15) is 0 Å². The van der Waals surface area contributed by atoms with E-state index in [0.29, 0.717) is 5.92 Å². The smallest absolute Gasteiger partial charge is 0.0384 e. The molecule has 2 rings (SSSR count). The quantitative estimate of drug-likeness (QED) is 0.685. The second-order valence-electron chi connectivity index (χ2n) is 5.67. The highest BCUT2D eigenvalue weighted by Crippen LogP contribution is 2.16. The fourth-order valence-electron chi connectivity index (χ4n) is 2.05. The maximum atomic E-state index is 4.04. The van der Waals surface area contributed by atoms with Crippen LogP contribution in [0.15, 0.2) is 66.9 Å². The van der Waals surface area contributed by atoms with E-state index in [1.165, 1.54) is 16.7 Å². The third-order valence-corrected chi connectivity index (χ3v) is 3.44. The van der Waals surface area contributed by atoms with E-state index in [0.717, 1.165) is 11.4 Å². The molecule has 0 aliphatic heterocycles. The molecule has 0 radical (unpaired) electrons. The van der Waals surface area contributed by atoms with Gasteiger partial charge in [0.2, 0.25) is 0 Å². The SMILES string of the molecule is C=C(/C=C/c1ccc(C(C)C)cc1)Nc1ccc(C)cc1. The van der Waals surface area contributed by atoms with Crippen molar-refractivity contribution < 1.29 is 0 Å². The first kappa shape index (κ1) is 15.1. The van der Waals surface area contributed by atoms with E-state index >= 15 is 0 Å². The fourth-order valence-corrected chi connectivity index (χ4v) is 2.05. The monoisotopic (exact) mass is 277 g/mol. The molecule has 0 saturated carbocycles. The van der Waals surface area contributed by atoms with Gasteiger partial charge in [0, 0.05) is 11.4 Å². The Morgan fingerprint density at radius 1 is 1.00 bits per heavy atom. The van der Waals surface area contributed by atoms with Crippen LogP contribution in [0.3, 0.4) is 0 Å². The molecule has 0 heterocycles. The molecule has 1 N–H and O–H groups in total. The lowest BCUT2D eigenvalue weighted by molar-refractivity contribution is 0.866. The summed E-state index contributed by atoms with van der Waals surface area (Å²) in [4.78, 5) is 0. The van der Waals surface area contributed by atoms with Crippen LogP contribution in [0.25, 0.3) is 6.08 Å². The second kappa shape index (κ2) is 6.94. The number of hydrogen-bond acceptors (Lipinski definition) is 1. The van der Waals surface area contributed by atoms with E-state index in [2.05, 4.69) is 87.3 Å². The molecular formula is C20H23N. The molecule has 0 spiro atoms. The van der Waals surface area contributed by atoms with Gasteiger partial charge < -0.3 is 5.32 Å². The van der Waals surface area contributed by atoms with Crippen LogP contribution in [-0.4, -0.2) is 0 Å². The van der Waals surface area contributed by atoms with Crippen molar-refractivity contribution in [3.8, 4) is 0 Å². The Labute approximate surface area is 128 Å². The average Bonchev–Trinajstić information content (AvgIpc) is 2.48. The minimum atomic E-state index is 0.571. The zero-order valence-electron chi connectivity index (χ0n) is 13.1. The van der Waals surface area contributed by atoms with Crippen LogP contribution < -0.4 is 5.32 Å². The summed E-state index contributed by atoms with van der Waals surface area (Å²) in [5, 5.41) is 3.29. The van der Waals surface area contributed by atoms with Crippen LogP contribution in [0.5, 0.6) is 0 Å². The highest BCUT2D eigenvalue weighted by molar-refractivity contribution is 5.58. The van der Waals surface area contributed by atoms with Gasteiger partial charge in [-0.3, -0.25) is 0 Å². The highest BCUT2D eigenvalue weighted by Gasteiger charge is 1.97. The van der Waals surface area contributed by atoms with Crippen LogP contribution in [0.1, 0.15) is 36.5 Å². The van der Waals surface area contributed by atoms with Crippen molar-refractivity contribution in [2.24, 2.45) is 0 Å². The van der Waals surface area contributed by atoms with E-state index in [-0.39, 0.29) is 0 Å². The van der Waals surface area contributed by atoms with Crippen molar-refractivity contribution in [3.05, 3.63) is 83.6 Å². The molecule has 0 fully saturated rings. The van der Waals surface area contributed by atoms with E-state index in [9.17, 15) is 0 Å². The summed E-state index contributed by atoms with van der Waals surface area (Å²) >= 11 is 0. The zero-order chi connectivity index (χ0) is 15.2. The molecule has 0 aliphatic carbocycles. The first-order valence-corrected chi connectivity index (χ1v) is 7.35. The molecule has 0 bridgehead atoms. The number of benzene rings is 2. The van der Waals surface area contributed by atoms with Gasteiger partial charge in [0.05, 0.1) is 0 Å². The predicted molar refractivity (Wildman–Crippen MR) is 93.5 cm³/mol. The summed E-state index contributed by atoms with van der Waals surface area (Å²) in [5.41, 5.74) is 5.75. The molecule has 0 aliphatic rings. The maximum absolute atomic E-state index is 4.04. The lowest BCUT2D eigenvalue weighted by Gasteiger charge is -2.07. The van der Waals surface area contributed by atoms with Gasteiger partial charge in [0.1, 0.15) is 0 Å². The molecule has 2 aromatic rings. The minimum Gasteiger partial charge on any atom is -0.356 e.